The molecule has 0 saturated carbocycles. The first-order valence-corrected chi connectivity index (χ1v) is 9.76. The van der Waals surface area contributed by atoms with Crippen LogP contribution < -0.4 is 5.32 Å². The predicted octanol–water partition coefficient (Wildman–Crippen LogP) is 4.48. The molecule has 0 saturated heterocycles. The van der Waals surface area contributed by atoms with Crippen molar-refractivity contribution in [2.75, 3.05) is 6.54 Å². The van der Waals surface area contributed by atoms with Gasteiger partial charge in [-0.05, 0) is 36.6 Å². The largest absolute Gasteiger partial charge is 0.355 e. The molecular formula is C21H24Cl2N2O2. The van der Waals surface area contributed by atoms with Crippen LogP contribution in [-0.2, 0) is 22.6 Å². The predicted molar refractivity (Wildman–Crippen MR) is 110 cm³/mol. The molecule has 0 aromatic heterocycles. The molecule has 2 aromatic carbocycles. The fraction of sp³-hybridized carbons (Fsp3) is 0.333. The van der Waals surface area contributed by atoms with E-state index in [4.69, 9.17) is 23.2 Å². The summed E-state index contributed by atoms with van der Waals surface area (Å²) in [5, 5.41) is 3.83. The number of nitrogens with zero attached hydrogens (tertiary/aromatic N) is 1. The van der Waals surface area contributed by atoms with Crippen LogP contribution in [0.1, 0.15) is 31.4 Å². The number of rotatable bonds is 8. The molecule has 0 spiro atoms. The van der Waals surface area contributed by atoms with Gasteiger partial charge in [0.1, 0.15) is 6.04 Å². The van der Waals surface area contributed by atoms with Gasteiger partial charge in [0.15, 0.2) is 0 Å². The van der Waals surface area contributed by atoms with Gasteiger partial charge in [-0.2, -0.15) is 0 Å². The third-order valence-electron chi connectivity index (χ3n) is 4.29. The number of halogens is 2. The molecule has 2 rings (SSSR count). The van der Waals surface area contributed by atoms with Crippen molar-refractivity contribution in [1.82, 2.24) is 10.2 Å². The van der Waals surface area contributed by atoms with Gasteiger partial charge in [0.25, 0.3) is 0 Å². The van der Waals surface area contributed by atoms with E-state index in [1.165, 1.54) is 0 Å². The van der Waals surface area contributed by atoms with Gasteiger partial charge in [-0.25, -0.2) is 0 Å². The molecule has 0 radical (unpaired) electrons. The van der Waals surface area contributed by atoms with Gasteiger partial charge in [-0.15, -0.1) is 0 Å². The smallest absolute Gasteiger partial charge is 0.242 e. The van der Waals surface area contributed by atoms with Gasteiger partial charge >= 0.3 is 0 Å². The summed E-state index contributed by atoms with van der Waals surface area (Å²) in [7, 11) is 0. The minimum Gasteiger partial charge on any atom is -0.355 e. The Morgan fingerprint density at radius 3 is 2.37 bits per heavy atom. The van der Waals surface area contributed by atoms with Crippen LogP contribution in [0.5, 0.6) is 0 Å². The third-order valence-corrected chi connectivity index (χ3v) is 4.88. The molecule has 2 amide bonds. The molecule has 0 heterocycles. The summed E-state index contributed by atoms with van der Waals surface area (Å²) in [5.74, 6) is -0.281. The van der Waals surface area contributed by atoms with Crippen molar-refractivity contribution in [3.05, 3.63) is 69.7 Å². The van der Waals surface area contributed by atoms with Gasteiger partial charge in [-0.1, -0.05) is 66.5 Å². The van der Waals surface area contributed by atoms with Crippen molar-refractivity contribution < 1.29 is 9.59 Å². The number of amides is 2. The second kappa shape index (κ2) is 10.3. The Hall–Kier alpha value is -2.04. The quantitative estimate of drug-likeness (QED) is 0.702. The fourth-order valence-corrected chi connectivity index (χ4v) is 3.39. The Balaban J connectivity index is 2.31. The SMILES string of the molecule is CCNC(=O)[C@H](CC)N(Cc1ccc(Cl)cc1Cl)C(=O)Cc1ccccc1. The highest BCUT2D eigenvalue weighted by molar-refractivity contribution is 6.35. The van der Waals surface area contributed by atoms with Crippen molar-refractivity contribution in [3.8, 4) is 0 Å². The molecule has 144 valence electrons. The number of benzene rings is 2. The number of carbonyl (C=O) groups excluding carboxylic acids is 2. The van der Waals surface area contributed by atoms with E-state index < -0.39 is 6.04 Å². The zero-order valence-corrected chi connectivity index (χ0v) is 17.1. The molecule has 0 unspecified atom stereocenters. The Morgan fingerprint density at radius 2 is 1.78 bits per heavy atom. The maximum atomic E-state index is 13.1. The summed E-state index contributed by atoms with van der Waals surface area (Å²) in [6.45, 7) is 4.51. The standard InChI is InChI=1S/C21H24Cl2N2O2/c1-3-19(21(27)24-4-2)25(14-16-10-11-17(22)13-18(16)23)20(26)12-15-8-6-5-7-9-15/h5-11,13,19H,3-4,12,14H2,1-2H3,(H,24,27)/t19-/m0/s1. The van der Waals surface area contributed by atoms with E-state index >= 15 is 0 Å². The molecule has 1 atom stereocenters. The van der Waals surface area contributed by atoms with Crippen LogP contribution in [0.2, 0.25) is 10.0 Å². The van der Waals surface area contributed by atoms with E-state index in [9.17, 15) is 9.59 Å². The van der Waals surface area contributed by atoms with E-state index in [0.29, 0.717) is 23.0 Å². The number of hydrogen-bond donors (Lipinski definition) is 1. The summed E-state index contributed by atoms with van der Waals surface area (Å²) in [5.41, 5.74) is 1.66. The van der Waals surface area contributed by atoms with E-state index in [2.05, 4.69) is 5.32 Å². The first-order chi connectivity index (χ1) is 13.0. The first-order valence-electron chi connectivity index (χ1n) is 9.01. The van der Waals surface area contributed by atoms with E-state index in [1.54, 1.807) is 23.1 Å². The number of hydrogen-bond acceptors (Lipinski definition) is 2. The van der Waals surface area contributed by atoms with Crippen molar-refractivity contribution in [2.45, 2.75) is 39.3 Å². The Labute approximate surface area is 170 Å². The molecule has 1 N–H and O–H groups in total. The van der Waals surface area contributed by atoms with Gasteiger partial charge in [0.2, 0.25) is 11.8 Å². The van der Waals surface area contributed by atoms with Crippen LogP contribution in [-0.4, -0.2) is 29.3 Å². The minimum absolute atomic E-state index is 0.120. The second-order valence-electron chi connectivity index (χ2n) is 6.24. The fourth-order valence-electron chi connectivity index (χ4n) is 2.92. The van der Waals surface area contributed by atoms with E-state index in [0.717, 1.165) is 11.1 Å². The van der Waals surface area contributed by atoms with Crippen LogP contribution in [0.3, 0.4) is 0 Å². The highest BCUT2D eigenvalue weighted by Crippen LogP contribution is 2.24. The molecule has 0 fully saturated rings. The number of nitrogens with one attached hydrogen (secondary N) is 1. The van der Waals surface area contributed by atoms with Crippen LogP contribution in [0, 0.1) is 0 Å². The number of likely N-dealkylation sites (N-methyl/N-ethyl adjacent to an activating group) is 1. The lowest BCUT2D eigenvalue weighted by molar-refractivity contribution is -0.140. The normalized spacial score (nSPS) is 11.7. The topological polar surface area (TPSA) is 49.4 Å². The summed E-state index contributed by atoms with van der Waals surface area (Å²) >= 11 is 12.3. The Bertz CT molecular complexity index is 781. The lowest BCUT2D eigenvalue weighted by Crippen LogP contribution is -2.49. The minimum atomic E-state index is -0.562. The van der Waals surface area contributed by atoms with Crippen molar-refractivity contribution >= 4 is 35.0 Å². The van der Waals surface area contributed by atoms with E-state index in [-0.39, 0.29) is 24.8 Å². The lowest BCUT2D eigenvalue weighted by atomic mass is 10.1. The molecule has 0 aliphatic rings. The maximum Gasteiger partial charge on any atom is 0.242 e. The van der Waals surface area contributed by atoms with Crippen LogP contribution in [0.4, 0.5) is 0 Å². The molecule has 27 heavy (non-hydrogen) atoms. The number of carbonyl (C=O) groups is 2. The Kier molecular flexibility index (Phi) is 8.14. The Morgan fingerprint density at radius 1 is 1.07 bits per heavy atom. The third kappa shape index (κ3) is 5.98. The molecule has 6 heteroatoms. The molecule has 4 nitrogen and oxygen atoms in total. The van der Waals surface area contributed by atoms with Crippen LogP contribution >= 0.6 is 23.2 Å². The van der Waals surface area contributed by atoms with Crippen LogP contribution in [0.25, 0.3) is 0 Å². The zero-order valence-electron chi connectivity index (χ0n) is 15.5. The average molecular weight is 407 g/mol. The molecule has 0 aliphatic heterocycles. The zero-order chi connectivity index (χ0) is 19.8. The summed E-state index contributed by atoms with van der Waals surface area (Å²) < 4.78 is 0. The van der Waals surface area contributed by atoms with Crippen molar-refractivity contribution in [1.29, 1.82) is 0 Å². The maximum absolute atomic E-state index is 13.1. The summed E-state index contributed by atoms with van der Waals surface area (Å²) in [4.78, 5) is 27.2. The summed E-state index contributed by atoms with van der Waals surface area (Å²) in [6, 6.07) is 14.1. The van der Waals surface area contributed by atoms with E-state index in [1.807, 2.05) is 44.2 Å². The molecular weight excluding hydrogens is 383 g/mol. The molecule has 2 aromatic rings. The van der Waals surface area contributed by atoms with Gasteiger partial charge < -0.3 is 10.2 Å². The summed E-state index contributed by atoms with van der Waals surface area (Å²) in [6.07, 6.45) is 0.736. The average Bonchev–Trinajstić information content (AvgIpc) is 2.64. The van der Waals surface area contributed by atoms with Gasteiger partial charge in [0.05, 0.1) is 6.42 Å². The monoisotopic (exact) mass is 406 g/mol. The first kappa shape index (κ1) is 21.3. The van der Waals surface area contributed by atoms with Crippen LogP contribution in [0.15, 0.2) is 48.5 Å². The van der Waals surface area contributed by atoms with Gasteiger partial charge in [0, 0.05) is 23.1 Å². The lowest BCUT2D eigenvalue weighted by Gasteiger charge is -2.31. The van der Waals surface area contributed by atoms with Crippen molar-refractivity contribution in [3.63, 3.8) is 0 Å². The second-order valence-corrected chi connectivity index (χ2v) is 7.08. The molecule has 0 aliphatic carbocycles. The van der Waals surface area contributed by atoms with Gasteiger partial charge in [-0.3, -0.25) is 9.59 Å². The molecule has 0 bridgehead atoms. The highest BCUT2D eigenvalue weighted by Gasteiger charge is 2.28. The highest BCUT2D eigenvalue weighted by atomic mass is 35.5. The van der Waals surface area contributed by atoms with Crippen molar-refractivity contribution in [2.24, 2.45) is 0 Å².